The molecule has 0 aliphatic carbocycles. The Bertz CT molecular complexity index is 1190. The Morgan fingerprint density at radius 1 is 0.829 bits per heavy atom. The van der Waals surface area contributed by atoms with Crippen LogP contribution in [-0.4, -0.2) is 41.3 Å². The lowest BCUT2D eigenvalue weighted by Gasteiger charge is -2.19. The zero-order valence-electron chi connectivity index (χ0n) is 24.0. The standard InChI is InChI=1S/C30H42N6O4S/c1-30(2,3)21-12-10-20(11-13-21)27(39)36-29(41)35-23-16-14-22(15-17-23)34-26(38)9-7-5-4-6-8-18-33-28(40)24(31)19-25(32)37/h10-17,24H,4-9,18-19,31H2,1-3H3,(H2,32,37)(H,33,40)(H,34,38)(H2,35,36,39,41)/t24-/m0/s1. The predicted octanol–water partition coefficient (Wildman–Crippen LogP) is 3.71. The van der Waals surface area contributed by atoms with E-state index >= 15 is 0 Å². The van der Waals surface area contributed by atoms with E-state index in [-0.39, 0.29) is 34.7 Å². The van der Waals surface area contributed by atoms with Gasteiger partial charge < -0.3 is 27.4 Å². The van der Waals surface area contributed by atoms with E-state index in [4.69, 9.17) is 23.7 Å². The number of primary amides is 1. The highest BCUT2D eigenvalue weighted by Gasteiger charge is 2.16. The maximum Gasteiger partial charge on any atom is 0.257 e. The summed E-state index contributed by atoms with van der Waals surface area (Å²) >= 11 is 5.28. The molecule has 0 aliphatic heterocycles. The number of hydrogen-bond acceptors (Lipinski definition) is 6. The number of anilines is 2. The number of carbonyl (C=O) groups excluding carboxylic acids is 4. The van der Waals surface area contributed by atoms with Gasteiger partial charge in [0.1, 0.15) is 0 Å². The first kappa shape index (κ1) is 33.4. The van der Waals surface area contributed by atoms with Crippen LogP contribution in [0.2, 0.25) is 0 Å². The molecule has 41 heavy (non-hydrogen) atoms. The second kappa shape index (κ2) is 16.4. The third kappa shape index (κ3) is 12.9. The number of nitrogens with one attached hydrogen (secondary N) is 4. The Labute approximate surface area is 247 Å². The van der Waals surface area contributed by atoms with Crippen LogP contribution in [0.3, 0.4) is 0 Å². The van der Waals surface area contributed by atoms with Gasteiger partial charge in [0.25, 0.3) is 5.91 Å². The molecule has 222 valence electrons. The molecule has 10 nitrogen and oxygen atoms in total. The molecule has 0 radical (unpaired) electrons. The molecular formula is C30H42N6O4S. The number of rotatable bonds is 14. The molecule has 8 N–H and O–H groups in total. The van der Waals surface area contributed by atoms with Crippen molar-refractivity contribution in [2.45, 2.75) is 77.2 Å². The summed E-state index contributed by atoms with van der Waals surface area (Å²) in [5.41, 5.74) is 13.6. The number of carbonyl (C=O) groups is 4. The summed E-state index contributed by atoms with van der Waals surface area (Å²) in [6, 6.07) is 13.6. The van der Waals surface area contributed by atoms with Crippen molar-refractivity contribution < 1.29 is 19.2 Å². The molecule has 0 bridgehead atoms. The number of nitrogens with two attached hydrogens (primary N) is 2. The number of benzene rings is 2. The van der Waals surface area contributed by atoms with Crippen molar-refractivity contribution in [3.05, 3.63) is 59.7 Å². The Hall–Kier alpha value is -3.83. The van der Waals surface area contributed by atoms with E-state index in [1.54, 1.807) is 36.4 Å². The van der Waals surface area contributed by atoms with E-state index in [0.29, 0.717) is 29.9 Å². The molecule has 0 aromatic heterocycles. The van der Waals surface area contributed by atoms with Gasteiger partial charge in [0.2, 0.25) is 17.7 Å². The van der Waals surface area contributed by atoms with Gasteiger partial charge in [-0.3, -0.25) is 24.5 Å². The van der Waals surface area contributed by atoms with Gasteiger partial charge in [-0.25, -0.2) is 0 Å². The normalized spacial score (nSPS) is 11.7. The van der Waals surface area contributed by atoms with Crippen molar-refractivity contribution in [3.63, 3.8) is 0 Å². The lowest BCUT2D eigenvalue weighted by atomic mass is 9.87. The lowest BCUT2D eigenvalue weighted by molar-refractivity contribution is -0.126. The molecule has 11 heteroatoms. The number of hydrogen-bond donors (Lipinski definition) is 6. The Morgan fingerprint density at radius 2 is 1.39 bits per heavy atom. The first-order valence-electron chi connectivity index (χ1n) is 13.8. The molecule has 1 atom stereocenters. The van der Waals surface area contributed by atoms with Crippen molar-refractivity contribution in [2.24, 2.45) is 11.5 Å². The van der Waals surface area contributed by atoms with Crippen LogP contribution in [0.15, 0.2) is 48.5 Å². The van der Waals surface area contributed by atoms with Gasteiger partial charge in [-0.1, -0.05) is 52.2 Å². The highest BCUT2D eigenvalue weighted by atomic mass is 32.1. The molecule has 0 fully saturated rings. The third-order valence-electron chi connectivity index (χ3n) is 6.30. The second-order valence-corrected chi connectivity index (χ2v) is 11.4. The largest absolute Gasteiger partial charge is 0.370 e. The van der Waals surface area contributed by atoms with Crippen LogP contribution < -0.4 is 32.7 Å². The average molecular weight is 583 g/mol. The summed E-state index contributed by atoms with van der Waals surface area (Å²) in [7, 11) is 0. The number of unbranched alkanes of at least 4 members (excludes halogenated alkanes) is 4. The monoisotopic (exact) mass is 582 g/mol. The molecule has 4 amide bonds. The highest BCUT2D eigenvalue weighted by molar-refractivity contribution is 7.80. The zero-order chi connectivity index (χ0) is 30.4. The van der Waals surface area contributed by atoms with Crippen LogP contribution in [0.4, 0.5) is 11.4 Å². The zero-order valence-corrected chi connectivity index (χ0v) is 24.9. The molecule has 2 aromatic carbocycles. The van der Waals surface area contributed by atoms with Gasteiger partial charge >= 0.3 is 0 Å². The van der Waals surface area contributed by atoms with Crippen molar-refractivity contribution >= 4 is 52.3 Å². The van der Waals surface area contributed by atoms with Crippen LogP contribution in [0, 0.1) is 0 Å². The fraction of sp³-hybridized carbons (Fsp3) is 0.433. The molecule has 2 aromatic rings. The van der Waals surface area contributed by atoms with Gasteiger partial charge in [-0.05, 0) is 72.4 Å². The molecule has 2 rings (SSSR count). The summed E-state index contributed by atoms with van der Waals surface area (Å²) < 4.78 is 0. The van der Waals surface area contributed by atoms with Crippen LogP contribution in [-0.2, 0) is 19.8 Å². The minimum Gasteiger partial charge on any atom is -0.370 e. The summed E-state index contributed by atoms with van der Waals surface area (Å²) in [5.74, 6) is -1.34. The van der Waals surface area contributed by atoms with Crippen molar-refractivity contribution in [3.8, 4) is 0 Å². The van der Waals surface area contributed by atoms with Crippen LogP contribution >= 0.6 is 12.2 Å². The Kier molecular flexibility index (Phi) is 13.4. The van der Waals surface area contributed by atoms with Gasteiger partial charge in [0.05, 0.1) is 12.5 Å². The first-order chi connectivity index (χ1) is 19.3. The minimum absolute atomic E-state index is 0.00662. The van der Waals surface area contributed by atoms with E-state index in [0.717, 1.165) is 37.7 Å². The number of thiocarbonyl (C=S) groups is 1. The van der Waals surface area contributed by atoms with E-state index in [1.807, 2.05) is 12.1 Å². The predicted molar refractivity (Wildman–Crippen MR) is 166 cm³/mol. The van der Waals surface area contributed by atoms with Crippen molar-refractivity contribution in [1.82, 2.24) is 10.6 Å². The summed E-state index contributed by atoms with van der Waals surface area (Å²) in [6.07, 6.45) is 4.54. The van der Waals surface area contributed by atoms with Crippen molar-refractivity contribution in [2.75, 3.05) is 17.2 Å². The highest BCUT2D eigenvalue weighted by Crippen LogP contribution is 2.22. The maximum absolute atomic E-state index is 12.5. The topological polar surface area (TPSA) is 168 Å². The quantitative estimate of drug-likeness (QED) is 0.146. The Morgan fingerprint density at radius 3 is 1.98 bits per heavy atom. The van der Waals surface area contributed by atoms with Crippen LogP contribution in [0.25, 0.3) is 0 Å². The number of amides is 4. The van der Waals surface area contributed by atoms with Gasteiger partial charge in [-0.2, -0.15) is 0 Å². The van der Waals surface area contributed by atoms with Crippen molar-refractivity contribution in [1.29, 1.82) is 0 Å². The van der Waals surface area contributed by atoms with Gasteiger partial charge in [0, 0.05) is 29.9 Å². The molecule has 0 saturated heterocycles. The third-order valence-corrected chi connectivity index (χ3v) is 6.51. The fourth-order valence-electron chi connectivity index (χ4n) is 3.91. The van der Waals surface area contributed by atoms with E-state index in [1.165, 1.54) is 0 Å². The fourth-order valence-corrected chi connectivity index (χ4v) is 4.12. The summed E-state index contributed by atoms with van der Waals surface area (Å²) in [6.45, 7) is 6.83. The summed E-state index contributed by atoms with van der Waals surface area (Å²) in [4.78, 5) is 47.3. The maximum atomic E-state index is 12.5. The van der Waals surface area contributed by atoms with E-state index in [9.17, 15) is 19.2 Å². The average Bonchev–Trinajstić information content (AvgIpc) is 2.90. The molecule has 0 heterocycles. The Balaban J connectivity index is 1.62. The van der Waals surface area contributed by atoms with Crippen LogP contribution in [0.1, 0.15) is 81.6 Å². The minimum atomic E-state index is -0.911. The SMILES string of the molecule is CC(C)(C)c1ccc(C(=O)NC(=S)Nc2ccc(NC(=O)CCCCCCCNC(=O)[C@@H](N)CC(N)=O)cc2)cc1. The summed E-state index contributed by atoms with van der Waals surface area (Å²) in [5, 5.41) is 11.4. The second-order valence-electron chi connectivity index (χ2n) is 10.9. The molecule has 0 aliphatic rings. The molecule has 0 spiro atoms. The van der Waals surface area contributed by atoms with E-state index < -0.39 is 11.9 Å². The van der Waals surface area contributed by atoms with Gasteiger partial charge in [0.15, 0.2) is 5.11 Å². The first-order valence-corrected chi connectivity index (χ1v) is 14.2. The molecular weight excluding hydrogens is 540 g/mol. The van der Waals surface area contributed by atoms with Gasteiger partial charge in [-0.15, -0.1) is 0 Å². The molecule has 0 saturated carbocycles. The lowest BCUT2D eigenvalue weighted by Crippen LogP contribution is -2.43. The smallest absolute Gasteiger partial charge is 0.257 e. The molecule has 0 unspecified atom stereocenters. The van der Waals surface area contributed by atoms with E-state index in [2.05, 4.69) is 42.0 Å². The van der Waals surface area contributed by atoms with Crippen LogP contribution in [0.5, 0.6) is 0 Å².